The molecule has 2 heterocycles. The van der Waals surface area contributed by atoms with Crippen LogP contribution in [0.4, 0.5) is 15.8 Å². The lowest BCUT2D eigenvalue weighted by Gasteiger charge is -2.25. The molecule has 2 aliphatic rings. The number of halogens is 1. The summed E-state index contributed by atoms with van der Waals surface area (Å²) in [5, 5.41) is 9.32. The third-order valence-electron chi connectivity index (χ3n) is 5.48. The van der Waals surface area contributed by atoms with E-state index in [0.717, 1.165) is 18.4 Å². The molecule has 5 N–H and O–H groups in total. The van der Waals surface area contributed by atoms with Gasteiger partial charge in [-0.1, -0.05) is 6.58 Å². The fourth-order valence-corrected chi connectivity index (χ4v) is 3.91. The van der Waals surface area contributed by atoms with Crippen LogP contribution >= 0.6 is 0 Å². The molecular weight excluding hydrogens is 351 g/mol. The van der Waals surface area contributed by atoms with Crippen LogP contribution in [-0.4, -0.2) is 34.8 Å². The van der Waals surface area contributed by atoms with Crippen LogP contribution in [0.5, 0.6) is 0 Å². The van der Waals surface area contributed by atoms with E-state index in [-0.39, 0.29) is 23.2 Å². The molecule has 27 heavy (non-hydrogen) atoms. The lowest BCUT2D eigenvalue weighted by Crippen LogP contribution is -2.29. The molecule has 1 unspecified atom stereocenters. The van der Waals surface area contributed by atoms with Crippen LogP contribution < -0.4 is 21.8 Å². The third kappa shape index (κ3) is 2.51. The molecule has 8 heteroatoms. The van der Waals surface area contributed by atoms with Crippen molar-refractivity contribution in [3.05, 3.63) is 45.5 Å². The summed E-state index contributed by atoms with van der Waals surface area (Å²) in [7, 11) is 0. The Labute approximate surface area is 154 Å². The number of hydrogen-bond acceptors (Lipinski definition) is 5. The number of hydrogen-bond donors (Lipinski definition) is 3. The summed E-state index contributed by atoms with van der Waals surface area (Å²) in [4.78, 5) is 26.0. The van der Waals surface area contributed by atoms with Crippen molar-refractivity contribution in [2.24, 2.45) is 5.73 Å². The van der Waals surface area contributed by atoms with Gasteiger partial charge in [-0.2, -0.15) is 0 Å². The Morgan fingerprint density at radius 3 is 2.59 bits per heavy atom. The fourth-order valence-electron chi connectivity index (χ4n) is 3.91. The van der Waals surface area contributed by atoms with E-state index >= 15 is 4.39 Å². The number of aromatic nitrogens is 1. The number of rotatable bonds is 3. The minimum atomic E-state index is -1.35. The summed E-state index contributed by atoms with van der Waals surface area (Å²) in [5.41, 5.74) is 12.7. The van der Waals surface area contributed by atoms with Crippen LogP contribution in [0.1, 0.15) is 34.8 Å². The molecule has 0 bridgehead atoms. The van der Waals surface area contributed by atoms with Gasteiger partial charge in [0, 0.05) is 31.4 Å². The van der Waals surface area contributed by atoms with E-state index in [1.807, 2.05) is 0 Å². The number of carboxylic acid groups (broad SMARTS) is 1. The molecule has 0 amide bonds. The number of anilines is 2. The molecule has 7 nitrogen and oxygen atoms in total. The molecule has 1 saturated carbocycles. The van der Waals surface area contributed by atoms with Gasteiger partial charge in [-0.15, -0.1) is 0 Å². The van der Waals surface area contributed by atoms with Gasteiger partial charge in [0.1, 0.15) is 5.56 Å². The van der Waals surface area contributed by atoms with Gasteiger partial charge in [0.05, 0.1) is 22.3 Å². The maximum atomic E-state index is 15.2. The zero-order valence-corrected chi connectivity index (χ0v) is 15.0. The fraction of sp³-hybridized carbons (Fsp3) is 0.368. The van der Waals surface area contributed by atoms with E-state index in [1.165, 1.54) is 6.20 Å². The Hall–Kier alpha value is -2.87. The highest BCUT2D eigenvalue weighted by molar-refractivity contribution is 6.01. The number of fused-ring (bicyclic) bond motifs is 1. The molecule has 0 spiro atoms. The SMILES string of the molecule is C=C1CN(c2c(F)c(N)c3c(=O)c(C(=O)O)cn(C4CC4)c3c2C)CC1N. The molecule has 1 aliphatic carbocycles. The van der Waals surface area contributed by atoms with Gasteiger partial charge in [0.25, 0.3) is 0 Å². The second-order valence-corrected chi connectivity index (χ2v) is 7.39. The van der Waals surface area contributed by atoms with E-state index in [9.17, 15) is 14.7 Å². The third-order valence-corrected chi connectivity index (χ3v) is 5.48. The first-order chi connectivity index (χ1) is 12.7. The lowest BCUT2D eigenvalue weighted by molar-refractivity contribution is 0.0695. The van der Waals surface area contributed by atoms with Crippen molar-refractivity contribution in [3.8, 4) is 0 Å². The molecule has 2 fully saturated rings. The van der Waals surface area contributed by atoms with Crippen molar-refractivity contribution in [2.45, 2.75) is 31.8 Å². The molecule has 1 atom stereocenters. The van der Waals surface area contributed by atoms with Crippen molar-refractivity contribution in [2.75, 3.05) is 23.7 Å². The number of carboxylic acids is 1. The van der Waals surface area contributed by atoms with Crippen molar-refractivity contribution < 1.29 is 14.3 Å². The number of carbonyl (C=O) groups is 1. The molecule has 1 aromatic carbocycles. The van der Waals surface area contributed by atoms with Crippen LogP contribution in [0.2, 0.25) is 0 Å². The van der Waals surface area contributed by atoms with Crippen molar-refractivity contribution in [1.29, 1.82) is 0 Å². The minimum Gasteiger partial charge on any atom is -0.477 e. The van der Waals surface area contributed by atoms with Crippen LogP contribution in [0.3, 0.4) is 0 Å². The molecule has 1 saturated heterocycles. The van der Waals surface area contributed by atoms with E-state index in [1.54, 1.807) is 16.4 Å². The Kier molecular flexibility index (Phi) is 3.78. The topological polar surface area (TPSA) is 115 Å². The summed E-state index contributed by atoms with van der Waals surface area (Å²) in [5.74, 6) is -2.07. The van der Waals surface area contributed by atoms with Gasteiger partial charge < -0.3 is 26.0 Å². The van der Waals surface area contributed by atoms with E-state index in [4.69, 9.17) is 11.5 Å². The van der Waals surface area contributed by atoms with Crippen molar-refractivity contribution in [1.82, 2.24) is 4.57 Å². The van der Waals surface area contributed by atoms with Gasteiger partial charge >= 0.3 is 5.97 Å². The summed E-state index contributed by atoms with van der Waals surface area (Å²) in [6.07, 6.45) is 3.09. The number of nitrogens with zero attached hydrogens (tertiary/aromatic N) is 2. The normalized spacial score (nSPS) is 19.9. The molecular formula is C19H21FN4O3. The number of benzene rings is 1. The van der Waals surface area contributed by atoms with Gasteiger partial charge in [0.2, 0.25) is 5.43 Å². The van der Waals surface area contributed by atoms with Gasteiger partial charge in [0.15, 0.2) is 5.82 Å². The van der Waals surface area contributed by atoms with E-state index in [0.29, 0.717) is 29.9 Å². The Balaban J connectivity index is 2.08. The molecule has 142 valence electrons. The van der Waals surface area contributed by atoms with Crippen molar-refractivity contribution >= 4 is 28.2 Å². The molecule has 1 aromatic heterocycles. The molecule has 1 aliphatic heterocycles. The Bertz CT molecular complexity index is 1070. The predicted octanol–water partition coefficient (Wildman–Crippen LogP) is 1.77. The summed E-state index contributed by atoms with van der Waals surface area (Å²) >= 11 is 0. The number of nitrogens with two attached hydrogens (primary N) is 2. The molecule has 2 aromatic rings. The largest absolute Gasteiger partial charge is 0.477 e. The minimum absolute atomic E-state index is 0.0668. The van der Waals surface area contributed by atoms with Crippen LogP contribution in [0.15, 0.2) is 23.1 Å². The quantitative estimate of drug-likeness (QED) is 0.559. The second kappa shape index (κ2) is 5.82. The van der Waals surface area contributed by atoms with Crippen LogP contribution in [-0.2, 0) is 0 Å². The maximum Gasteiger partial charge on any atom is 0.341 e. The number of nitrogen functional groups attached to an aromatic ring is 1. The summed E-state index contributed by atoms with van der Waals surface area (Å²) in [6, 6.07) is -0.181. The maximum absolute atomic E-state index is 15.2. The van der Waals surface area contributed by atoms with E-state index in [2.05, 4.69) is 6.58 Å². The molecule has 0 radical (unpaired) electrons. The van der Waals surface area contributed by atoms with Gasteiger partial charge in [-0.3, -0.25) is 4.79 Å². The summed E-state index contributed by atoms with van der Waals surface area (Å²) < 4.78 is 17.0. The zero-order valence-electron chi connectivity index (χ0n) is 15.0. The van der Waals surface area contributed by atoms with Crippen LogP contribution in [0.25, 0.3) is 10.9 Å². The smallest absolute Gasteiger partial charge is 0.341 e. The highest BCUT2D eigenvalue weighted by Crippen LogP contribution is 2.42. The number of aromatic carboxylic acids is 1. The Morgan fingerprint density at radius 2 is 2.07 bits per heavy atom. The Morgan fingerprint density at radius 1 is 1.41 bits per heavy atom. The van der Waals surface area contributed by atoms with Gasteiger partial charge in [-0.25, -0.2) is 9.18 Å². The standard InChI is InChI=1S/C19H21FN4O3/c1-8-5-23(7-12(8)21)17-9(2)16-13(15(22)14(17)20)18(25)11(19(26)27)6-24(16)10-3-4-10/h6,10,12H,1,3-5,7,21-22H2,2H3,(H,26,27). The van der Waals surface area contributed by atoms with E-state index < -0.39 is 22.8 Å². The summed E-state index contributed by atoms with van der Waals surface area (Å²) in [6.45, 7) is 6.46. The highest BCUT2D eigenvalue weighted by Gasteiger charge is 2.33. The lowest BCUT2D eigenvalue weighted by atomic mass is 10.0. The second-order valence-electron chi connectivity index (χ2n) is 7.39. The highest BCUT2D eigenvalue weighted by atomic mass is 19.1. The average Bonchev–Trinajstić information content (AvgIpc) is 3.38. The van der Waals surface area contributed by atoms with Gasteiger partial charge in [-0.05, 0) is 30.9 Å². The first-order valence-corrected chi connectivity index (χ1v) is 8.80. The number of pyridine rings is 1. The van der Waals surface area contributed by atoms with Crippen LogP contribution in [0, 0.1) is 12.7 Å². The van der Waals surface area contributed by atoms with Crippen molar-refractivity contribution in [3.63, 3.8) is 0 Å². The zero-order chi connectivity index (χ0) is 19.6. The first kappa shape index (κ1) is 17.5. The first-order valence-electron chi connectivity index (χ1n) is 8.80. The molecule has 4 rings (SSSR count). The predicted molar refractivity (Wildman–Crippen MR) is 102 cm³/mol. The number of aryl methyl sites for hydroxylation is 1. The average molecular weight is 372 g/mol. The monoisotopic (exact) mass is 372 g/mol.